The van der Waals surface area contributed by atoms with Crippen molar-refractivity contribution < 1.29 is 14.3 Å². The van der Waals surface area contributed by atoms with E-state index < -0.39 is 0 Å². The van der Waals surface area contributed by atoms with Gasteiger partial charge in [0.1, 0.15) is 5.75 Å². The fraction of sp³-hybridized carbons (Fsp3) is 0.158. The molecule has 2 aromatic rings. The highest BCUT2D eigenvalue weighted by Crippen LogP contribution is 2.32. The molecule has 0 atom stereocenters. The third-order valence-corrected chi connectivity index (χ3v) is 4.77. The molecular weight excluding hydrogens is 336 g/mol. The predicted octanol–water partition coefficient (Wildman–Crippen LogP) is 4.11. The Hall–Kier alpha value is -2.73. The Labute approximate surface area is 150 Å². The number of hydrogen-bond acceptors (Lipinski definition) is 5. The van der Waals surface area contributed by atoms with Crippen molar-refractivity contribution in [3.63, 3.8) is 0 Å². The highest BCUT2D eigenvalue weighted by Gasteiger charge is 2.34. The normalized spacial score (nSPS) is 15.8. The summed E-state index contributed by atoms with van der Waals surface area (Å²) in [6.45, 7) is 2.12. The number of imide groups is 1. The number of anilines is 1. The molecule has 2 amide bonds. The summed E-state index contributed by atoms with van der Waals surface area (Å²) in [5, 5.41) is 2.87. The van der Waals surface area contributed by atoms with Gasteiger partial charge >= 0.3 is 0 Å². The molecule has 1 aliphatic heterocycles. The molecule has 1 fully saturated rings. The third-order valence-electron chi connectivity index (χ3n) is 3.86. The van der Waals surface area contributed by atoms with E-state index in [4.69, 9.17) is 4.74 Å². The summed E-state index contributed by atoms with van der Waals surface area (Å²) >= 11 is 0.953. The lowest BCUT2D eigenvalue weighted by molar-refractivity contribution is -0.122. The number of nitrogens with one attached hydrogen (secondary N) is 1. The van der Waals surface area contributed by atoms with Gasteiger partial charge in [-0.2, -0.15) is 0 Å². The lowest BCUT2D eigenvalue weighted by Crippen LogP contribution is -2.33. The van der Waals surface area contributed by atoms with Gasteiger partial charge in [-0.25, -0.2) is 0 Å². The Morgan fingerprint density at radius 1 is 1.12 bits per heavy atom. The smallest absolute Gasteiger partial charge is 0.295 e. The van der Waals surface area contributed by atoms with E-state index in [9.17, 15) is 9.59 Å². The third kappa shape index (κ3) is 3.85. The van der Waals surface area contributed by atoms with Crippen LogP contribution in [-0.2, 0) is 4.79 Å². The molecule has 6 heteroatoms. The summed E-state index contributed by atoms with van der Waals surface area (Å²) in [6, 6.07) is 15.1. The van der Waals surface area contributed by atoms with E-state index in [1.54, 1.807) is 13.2 Å². The van der Waals surface area contributed by atoms with Crippen LogP contribution in [0.1, 0.15) is 11.1 Å². The van der Waals surface area contributed by atoms with Crippen LogP contribution in [0.25, 0.3) is 6.08 Å². The van der Waals surface area contributed by atoms with Gasteiger partial charge in [0.25, 0.3) is 11.1 Å². The van der Waals surface area contributed by atoms with Crippen LogP contribution in [0.15, 0.2) is 53.4 Å². The molecular formula is C19H18N2O3S. The number of benzene rings is 2. The first-order chi connectivity index (χ1) is 12.1. The van der Waals surface area contributed by atoms with Crippen LogP contribution in [0.4, 0.5) is 10.5 Å². The summed E-state index contributed by atoms with van der Waals surface area (Å²) < 4.78 is 5.11. The van der Waals surface area contributed by atoms with Crippen LogP contribution in [-0.4, -0.2) is 29.8 Å². The van der Waals surface area contributed by atoms with Gasteiger partial charge in [0.2, 0.25) is 0 Å². The number of methoxy groups -OCH3 is 1. The molecule has 1 N–H and O–H groups in total. The van der Waals surface area contributed by atoms with Crippen molar-refractivity contribution in [3.8, 4) is 5.75 Å². The minimum Gasteiger partial charge on any atom is -0.497 e. The van der Waals surface area contributed by atoms with Crippen LogP contribution in [0.2, 0.25) is 0 Å². The molecule has 2 aromatic carbocycles. The molecule has 25 heavy (non-hydrogen) atoms. The van der Waals surface area contributed by atoms with Crippen LogP contribution >= 0.6 is 11.8 Å². The van der Waals surface area contributed by atoms with Crippen LogP contribution in [0.5, 0.6) is 5.75 Å². The Bertz CT molecular complexity index is 831. The van der Waals surface area contributed by atoms with Gasteiger partial charge in [0, 0.05) is 5.69 Å². The molecule has 0 spiro atoms. The Kier molecular flexibility index (Phi) is 5.09. The standard InChI is InChI=1S/C19H18N2O3S/c1-13-5-3-4-6-16(13)20-12-21-18(22)17(25-19(21)23)11-14-7-9-15(24-2)10-8-14/h3-11,20H,12H2,1-2H3/b17-11+. The van der Waals surface area contributed by atoms with Crippen molar-refractivity contribution >= 4 is 34.7 Å². The average molecular weight is 354 g/mol. The minimum absolute atomic E-state index is 0.148. The van der Waals surface area contributed by atoms with E-state index in [1.165, 1.54) is 4.90 Å². The van der Waals surface area contributed by atoms with Crippen LogP contribution < -0.4 is 10.1 Å². The second-order valence-corrected chi connectivity index (χ2v) is 6.53. The van der Waals surface area contributed by atoms with Gasteiger partial charge in [-0.05, 0) is 54.1 Å². The summed E-state index contributed by atoms with van der Waals surface area (Å²) in [4.78, 5) is 26.3. The molecule has 0 radical (unpaired) electrons. The van der Waals surface area contributed by atoms with Gasteiger partial charge < -0.3 is 10.1 Å². The second-order valence-electron chi connectivity index (χ2n) is 5.53. The van der Waals surface area contributed by atoms with Gasteiger partial charge in [-0.1, -0.05) is 30.3 Å². The SMILES string of the molecule is COc1ccc(/C=C2/SC(=O)N(CNc3ccccc3C)C2=O)cc1. The zero-order valence-electron chi connectivity index (χ0n) is 14.0. The quantitative estimate of drug-likeness (QED) is 0.819. The van der Waals surface area contributed by atoms with Crippen molar-refractivity contribution in [3.05, 3.63) is 64.6 Å². The van der Waals surface area contributed by atoms with E-state index in [-0.39, 0.29) is 17.8 Å². The van der Waals surface area contributed by atoms with E-state index in [0.717, 1.165) is 34.3 Å². The second kappa shape index (κ2) is 7.44. The van der Waals surface area contributed by atoms with E-state index in [2.05, 4.69) is 5.32 Å². The fourth-order valence-corrected chi connectivity index (χ4v) is 3.26. The van der Waals surface area contributed by atoms with E-state index in [0.29, 0.717) is 4.91 Å². The summed E-state index contributed by atoms with van der Waals surface area (Å²) in [7, 11) is 1.60. The van der Waals surface area contributed by atoms with Gasteiger partial charge in [-0.3, -0.25) is 14.5 Å². The number of carbonyl (C=O) groups excluding carboxylic acids is 2. The summed E-state index contributed by atoms with van der Waals surface area (Å²) in [6.07, 6.45) is 1.72. The number of nitrogens with zero attached hydrogens (tertiary/aromatic N) is 1. The maximum atomic E-state index is 12.5. The lowest BCUT2D eigenvalue weighted by atomic mass is 10.2. The number of hydrogen-bond donors (Lipinski definition) is 1. The Morgan fingerprint density at radius 3 is 2.52 bits per heavy atom. The number of carbonyl (C=O) groups is 2. The monoisotopic (exact) mass is 354 g/mol. The van der Waals surface area contributed by atoms with Crippen LogP contribution in [0.3, 0.4) is 0 Å². The van der Waals surface area contributed by atoms with Crippen LogP contribution in [0, 0.1) is 6.92 Å². The summed E-state index contributed by atoms with van der Waals surface area (Å²) in [5.74, 6) is 0.458. The Balaban J connectivity index is 1.71. The number of amides is 2. The Morgan fingerprint density at radius 2 is 1.84 bits per heavy atom. The first-order valence-corrected chi connectivity index (χ1v) is 8.59. The number of aryl methyl sites for hydroxylation is 1. The van der Waals surface area contributed by atoms with Crippen molar-refractivity contribution in [1.29, 1.82) is 0 Å². The predicted molar refractivity (Wildman–Crippen MR) is 100 cm³/mol. The largest absolute Gasteiger partial charge is 0.497 e. The first-order valence-electron chi connectivity index (χ1n) is 7.77. The number of rotatable bonds is 5. The molecule has 0 aliphatic carbocycles. The molecule has 0 unspecified atom stereocenters. The maximum absolute atomic E-state index is 12.5. The van der Waals surface area contributed by atoms with Crippen molar-refractivity contribution in [2.45, 2.75) is 6.92 Å². The number of para-hydroxylation sites is 1. The van der Waals surface area contributed by atoms with Crippen molar-refractivity contribution in [1.82, 2.24) is 4.90 Å². The lowest BCUT2D eigenvalue weighted by Gasteiger charge is -2.15. The molecule has 3 rings (SSSR count). The van der Waals surface area contributed by atoms with Crippen molar-refractivity contribution in [2.75, 3.05) is 19.1 Å². The first kappa shape index (κ1) is 17.1. The van der Waals surface area contributed by atoms with E-state index >= 15 is 0 Å². The topological polar surface area (TPSA) is 58.6 Å². The molecule has 1 heterocycles. The molecule has 1 aliphatic rings. The highest BCUT2D eigenvalue weighted by atomic mass is 32.2. The molecule has 0 bridgehead atoms. The maximum Gasteiger partial charge on any atom is 0.295 e. The zero-order valence-corrected chi connectivity index (χ0v) is 14.8. The highest BCUT2D eigenvalue weighted by molar-refractivity contribution is 8.18. The minimum atomic E-state index is -0.285. The molecule has 128 valence electrons. The van der Waals surface area contributed by atoms with Gasteiger partial charge in [0.15, 0.2) is 0 Å². The number of thioether (sulfide) groups is 1. The zero-order chi connectivity index (χ0) is 17.8. The van der Waals surface area contributed by atoms with Crippen molar-refractivity contribution in [2.24, 2.45) is 0 Å². The van der Waals surface area contributed by atoms with E-state index in [1.807, 2.05) is 55.5 Å². The molecule has 1 saturated heterocycles. The molecule has 5 nitrogen and oxygen atoms in total. The van der Waals surface area contributed by atoms with Gasteiger partial charge in [0.05, 0.1) is 18.7 Å². The number of ether oxygens (including phenoxy) is 1. The fourth-order valence-electron chi connectivity index (χ4n) is 2.42. The molecule has 0 saturated carbocycles. The van der Waals surface area contributed by atoms with Gasteiger partial charge in [-0.15, -0.1) is 0 Å². The summed E-state index contributed by atoms with van der Waals surface area (Å²) in [5.41, 5.74) is 2.81. The molecule has 0 aromatic heterocycles. The average Bonchev–Trinajstić information content (AvgIpc) is 2.88.